The molecule has 0 atom stereocenters. The topological polar surface area (TPSA) is 70.2 Å². The Bertz CT molecular complexity index is 888. The molecule has 0 unspecified atom stereocenters. The molecule has 0 saturated carbocycles. The smallest absolute Gasteiger partial charge is 0.366 e. The third kappa shape index (κ3) is 3.26. The Morgan fingerprint density at radius 3 is 2.56 bits per heavy atom. The molecule has 1 aliphatic heterocycles. The van der Waals surface area contributed by atoms with Gasteiger partial charge in [0, 0.05) is 30.9 Å². The lowest BCUT2D eigenvalue weighted by Gasteiger charge is -2.32. The number of rotatable bonds is 2. The van der Waals surface area contributed by atoms with Crippen LogP contribution in [0, 0.1) is 21.4 Å². The summed E-state index contributed by atoms with van der Waals surface area (Å²) in [5, 5.41) is 19.8. The van der Waals surface area contributed by atoms with E-state index in [0.717, 1.165) is 11.6 Å². The van der Waals surface area contributed by atoms with Gasteiger partial charge in [-0.1, -0.05) is 6.07 Å². The second-order valence-corrected chi connectivity index (χ2v) is 5.72. The number of nitro groups is 1. The first-order valence-corrected chi connectivity index (χ1v) is 7.42. The monoisotopic (exact) mass is 347 g/mol. The molecule has 8 heteroatoms. The Balaban J connectivity index is 2.01. The molecule has 0 bridgehead atoms. The number of non-ortho nitro benzene ring substituents is 1. The summed E-state index contributed by atoms with van der Waals surface area (Å²) in [6.45, 7) is 0.506. The standard InChI is InChI=1S/C17H12F3N3O2/c18-17(19,20)15-7-11(9-21)1-4-16(15)22-6-5-12-2-3-14(23(24)25)8-13(12)10-22/h1-4,7-8H,5-6,10H2. The van der Waals surface area contributed by atoms with Crippen LogP contribution in [-0.2, 0) is 19.1 Å². The molecule has 0 saturated heterocycles. The molecule has 0 aromatic heterocycles. The minimum Gasteiger partial charge on any atom is -0.366 e. The Hall–Kier alpha value is -3.08. The first kappa shape index (κ1) is 16.8. The SMILES string of the molecule is N#Cc1ccc(N2CCc3ccc([N+](=O)[O-])cc3C2)c(C(F)(F)F)c1. The minimum atomic E-state index is -4.59. The van der Waals surface area contributed by atoms with Crippen LogP contribution in [0.15, 0.2) is 36.4 Å². The number of fused-ring (bicyclic) bond motifs is 1. The van der Waals surface area contributed by atoms with Gasteiger partial charge in [-0.3, -0.25) is 10.1 Å². The van der Waals surface area contributed by atoms with Crippen LogP contribution in [0.2, 0.25) is 0 Å². The zero-order chi connectivity index (χ0) is 18.2. The number of benzene rings is 2. The Morgan fingerprint density at radius 1 is 1.16 bits per heavy atom. The number of nitro benzene ring substituents is 1. The summed E-state index contributed by atoms with van der Waals surface area (Å²) in [6.07, 6.45) is -4.10. The van der Waals surface area contributed by atoms with E-state index in [1.807, 2.05) is 0 Å². The van der Waals surface area contributed by atoms with Crippen molar-refractivity contribution in [2.75, 3.05) is 11.4 Å². The first-order chi connectivity index (χ1) is 11.8. The summed E-state index contributed by atoms with van der Waals surface area (Å²) in [7, 11) is 0. The van der Waals surface area contributed by atoms with Gasteiger partial charge >= 0.3 is 6.18 Å². The van der Waals surface area contributed by atoms with Crippen molar-refractivity contribution < 1.29 is 18.1 Å². The molecule has 0 spiro atoms. The van der Waals surface area contributed by atoms with E-state index in [2.05, 4.69) is 0 Å². The van der Waals surface area contributed by atoms with Crippen LogP contribution < -0.4 is 4.90 Å². The summed E-state index contributed by atoms with van der Waals surface area (Å²) < 4.78 is 40.1. The largest absolute Gasteiger partial charge is 0.418 e. The molecule has 0 amide bonds. The van der Waals surface area contributed by atoms with Gasteiger partial charge in [0.1, 0.15) is 0 Å². The number of hydrogen-bond acceptors (Lipinski definition) is 4. The fourth-order valence-corrected chi connectivity index (χ4v) is 2.97. The molecular formula is C17H12F3N3O2. The maximum absolute atomic E-state index is 13.4. The summed E-state index contributed by atoms with van der Waals surface area (Å²) in [6, 6.07) is 9.61. The molecule has 1 heterocycles. The van der Waals surface area contributed by atoms with E-state index in [9.17, 15) is 23.3 Å². The van der Waals surface area contributed by atoms with Gasteiger partial charge in [-0.2, -0.15) is 18.4 Å². The predicted molar refractivity (Wildman–Crippen MR) is 84.0 cm³/mol. The third-order valence-electron chi connectivity index (χ3n) is 4.18. The third-order valence-corrected chi connectivity index (χ3v) is 4.18. The van der Waals surface area contributed by atoms with Gasteiger partial charge in [0.15, 0.2) is 0 Å². The highest BCUT2D eigenvalue weighted by Gasteiger charge is 2.36. The van der Waals surface area contributed by atoms with E-state index in [0.29, 0.717) is 18.5 Å². The summed E-state index contributed by atoms with van der Waals surface area (Å²) >= 11 is 0. The highest BCUT2D eigenvalue weighted by molar-refractivity contribution is 5.60. The van der Waals surface area contributed by atoms with Gasteiger partial charge in [0.2, 0.25) is 0 Å². The van der Waals surface area contributed by atoms with Crippen LogP contribution >= 0.6 is 0 Å². The second-order valence-electron chi connectivity index (χ2n) is 5.72. The van der Waals surface area contributed by atoms with Crippen molar-refractivity contribution in [2.24, 2.45) is 0 Å². The van der Waals surface area contributed by atoms with E-state index in [1.54, 1.807) is 12.1 Å². The average Bonchev–Trinajstić information content (AvgIpc) is 2.59. The van der Waals surface area contributed by atoms with Crippen LogP contribution in [0.4, 0.5) is 24.5 Å². The summed E-state index contributed by atoms with van der Waals surface area (Å²) in [5.41, 5.74) is 0.478. The van der Waals surface area contributed by atoms with Crippen molar-refractivity contribution in [3.63, 3.8) is 0 Å². The van der Waals surface area contributed by atoms with Gasteiger partial charge in [0.25, 0.3) is 5.69 Å². The van der Waals surface area contributed by atoms with E-state index in [1.165, 1.54) is 29.2 Å². The van der Waals surface area contributed by atoms with Crippen molar-refractivity contribution in [1.82, 2.24) is 0 Å². The van der Waals surface area contributed by atoms with Crippen molar-refractivity contribution >= 4 is 11.4 Å². The van der Waals surface area contributed by atoms with Crippen molar-refractivity contribution in [1.29, 1.82) is 5.26 Å². The van der Waals surface area contributed by atoms with Crippen LogP contribution in [0.5, 0.6) is 0 Å². The highest BCUT2D eigenvalue weighted by Crippen LogP contribution is 2.39. The quantitative estimate of drug-likeness (QED) is 0.607. The zero-order valence-electron chi connectivity index (χ0n) is 12.9. The molecule has 5 nitrogen and oxygen atoms in total. The van der Waals surface area contributed by atoms with E-state index in [-0.39, 0.29) is 23.5 Å². The van der Waals surface area contributed by atoms with Gasteiger partial charge in [0.05, 0.1) is 22.1 Å². The Morgan fingerprint density at radius 2 is 1.92 bits per heavy atom. The number of hydrogen-bond donors (Lipinski definition) is 0. The molecule has 2 aromatic carbocycles. The number of nitriles is 1. The lowest BCUT2D eigenvalue weighted by Crippen LogP contribution is -2.32. The molecule has 1 aliphatic rings. The molecular weight excluding hydrogens is 335 g/mol. The predicted octanol–water partition coefficient (Wildman–Crippen LogP) is 4.05. The highest BCUT2D eigenvalue weighted by atomic mass is 19.4. The molecule has 2 aromatic rings. The van der Waals surface area contributed by atoms with Crippen molar-refractivity contribution in [3.05, 3.63) is 68.8 Å². The Kier molecular flexibility index (Phi) is 4.08. The van der Waals surface area contributed by atoms with E-state index in [4.69, 9.17) is 5.26 Å². The molecule has 3 rings (SSSR count). The first-order valence-electron chi connectivity index (χ1n) is 7.42. The van der Waals surface area contributed by atoms with Gasteiger partial charge < -0.3 is 4.90 Å². The van der Waals surface area contributed by atoms with Crippen LogP contribution in [0.25, 0.3) is 0 Å². The zero-order valence-corrected chi connectivity index (χ0v) is 12.9. The van der Waals surface area contributed by atoms with Crippen LogP contribution in [0.1, 0.15) is 22.3 Å². The molecule has 0 radical (unpaired) electrons. The minimum absolute atomic E-state index is 0.0244. The molecule has 0 N–H and O–H groups in total. The number of halogens is 3. The average molecular weight is 347 g/mol. The fourth-order valence-electron chi connectivity index (χ4n) is 2.97. The normalized spacial score (nSPS) is 13.9. The molecule has 128 valence electrons. The maximum atomic E-state index is 13.4. The maximum Gasteiger partial charge on any atom is 0.418 e. The lowest BCUT2D eigenvalue weighted by molar-refractivity contribution is -0.384. The summed E-state index contributed by atoms with van der Waals surface area (Å²) in [4.78, 5) is 11.9. The molecule has 25 heavy (non-hydrogen) atoms. The number of anilines is 1. The molecule has 0 aliphatic carbocycles. The van der Waals surface area contributed by atoms with Gasteiger partial charge in [-0.25, -0.2) is 0 Å². The fraction of sp³-hybridized carbons (Fsp3) is 0.235. The summed E-state index contributed by atoms with van der Waals surface area (Å²) in [5.74, 6) is 0. The van der Waals surface area contributed by atoms with Gasteiger partial charge in [-0.15, -0.1) is 0 Å². The number of alkyl halides is 3. The van der Waals surface area contributed by atoms with Crippen molar-refractivity contribution in [2.45, 2.75) is 19.1 Å². The Labute approximate surface area is 141 Å². The molecule has 0 fully saturated rings. The van der Waals surface area contributed by atoms with Gasteiger partial charge in [-0.05, 0) is 35.7 Å². The lowest BCUT2D eigenvalue weighted by atomic mass is 9.97. The van der Waals surface area contributed by atoms with Crippen molar-refractivity contribution in [3.8, 4) is 6.07 Å². The van der Waals surface area contributed by atoms with Crippen LogP contribution in [-0.4, -0.2) is 11.5 Å². The van der Waals surface area contributed by atoms with Crippen LogP contribution in [0.3, 0.4) is 0 Å². The van der Waals surface area contributed by atoms with E-state index >= 15 is 0 Å². The number of nitrogens with zero attached hydrogens (tertiary/aromatic N) is 3. The second kappa shape index (κ2) is 6.09. The van der Waals surface area contributed by atoms with E-state index < -0.39 is 16.7 Å².